The van der Waals surface area contributed by atoms with Crippen LogP contribution in [-0.4, -0.2) is 36.8 Å². The summed E-state index contributed by atoms with van der Waals surface area (Å²) in [6.45, 7) is 5.57. The molecule has 19 heavy (non-hydrogen) atoms. The average Bonchev–Trinajstić information content (AvgIpc) is 2.29. The van der Waals surface area contributed by atoms with Gasteiger partial charge in [0, 0.05) is 19.1 Å². The van der Waals surface area contributed by atoms with E-state index < -0.39 is 5.60 Å². The van der Waals surface area contributed by atoms with Gasteiger partial charge in [-0.1, -0.05) is 0 Å². The van der Waals surface area contributed by atoms with E-state index in [4.69, 9.17) is 10.1 Å². The molecule has 0 aromatic heterocycles. The zero-order valence-corrected chi connectivity index (χ0v) is 12.3. The minimum atomic E-state index is -0.454. The monoisotopic (exact) mass is 270 g/mol. The van der Waals surface area contributed by atoms with Crippen molar-refractivity contribution in [2.24, 2.45) is 0 Å². The van der Waals surface area contributed by atoms with Crippen LogP contribution in [-0.2, 0) is 4.74 Å². The fraction of sp³-hybridized carbons (Fsp3) is 0.846. The molecule has 0 aromatic rings. The van der Waals surface area contributed by atoms with Crippen LogP contribution >= 0.6 is 0 Å². The van der Waals surface area contributed by atoms with Gasteiger partial charge in [-0.05, 0) is 46.5 Å². The molecule has 0 aliphatic heterocycles. The van der Waals surface area contributed by atoms with Crippen LogP contribution in [0.4, 0.5) is 4.79 Å². The lowest BCUT2D eigenvalue weighted by Crippen LogP contribution is -2.47. The molecule has 1 saturated carbocycles. The van der Waals surface area contributed by atoms with Gasteiger partial charge < -0.3 is 20.7 Å². The van der Waals surface area contributed by atoms with Crippen LogP contribution in [0.15, 0.2) is 0 Å². The molecule has 1 rings (SSSR count). The maximum Gasteiger partial charge on any atom is 0.407 e. The largest absolute Gasteiger partial charge is 0.444 e. The lowest BCUT2D eigenvalue weighted by molar-refractivity contribution is 0.0490. The molecule has 0 radical (unpaired) electrons. The topological polar surface area (TPSA) is 86.2 Å². The SMILES string of the molecule is CNC(=N)NC1CCC(NC(=O)OC(C)(C)C)CC1. The highest BCUT2D eigenvalue weighted by molar-refractivity contribution is 5.76. The second kappa shape index (κ2) is 6.63. The molecule has 0 heterocycles. The summed E-state index contributed by atoms with van der Waals surface area (Å²) >= 11 is 0. The van der Waals surface area contributed by atoms with Crippen LogP contribution in [0.1, 0.15) is 46.5 Å². The first kappa shape index (κ1) is 15.6. The number of nitrogens with one attached hydrogen (secondary N) is 4. The van der Waals surface area contributed by atoms with Crippen molar-refractivity contribution >= 4 is 12.1 Å². The second-order valence-electron chi connectivity index (χ2n) is 5.96. The summed E-state index contributed by atoms with van der Waals surface area (Å²) in [4.78, 5) is 11.6. The summed E-state index contributed by atoms with van der Waals surface area (Å²) in [6.07, 6.45) is 3.38. The third-order valence-corrected chi connectivity index (χ3v) is 3.05. The second-order valence-corrected chi connectivity index (χ2v) is 5.96. The van der Waals surface area contributed by atoms with E-state index in [1.165, 1.54) is 0 Å². The van der Waals surface area contributed by atoms with Crippen LogP contribution in [0.3, 0.4) is 0 Å². The molecular formula is C13H26N4O2. The first-order valence-electron chi connectivity index (χ1n) is 6.82. The van der Waals surface area contributed by atoms with Gasteiger partial charge in [0.2, 0.25) is 0 Å². The normalized spacial score (nSPS) is 23.4. The molecule has 1 fully saturated rings. The third kappa shape index (κ3) is 6.31. The zero-order chi connectivity index (χ0) is 14.5. The van der Waals surface area contributed by atoms with Crippen molar-refractivity contribution in [3.8, 4) is 0 Å². The van der Waals surface area contributed by atoms with Gasteiger partial charge in [-0.15, -0.1) is 0 Å². The smallest absolute Gasteiger partial charge is 0.407 e. The Morgan fingerprint density at radius 2 is 1.58 bits per heavy atom. The molecule has 0 aromatic carbocycles. The minimum absolute atomic E-state index is 0.177. The van der Waals surface area contributed by atoms with E-state index in [1.54, 1.807) is 7.05 Å². The van der Waals surface area contributed by atoms with E-state index in [0.717, 1.165) is 25.7 Å². The molecule has 0 bridgehead atoms. The van der Waals surface area contributed by atoms with E-state index in [2.05, 4.69) is 16.0 Å². The van der Waals surface area contributed by atoms with Crippen molar-refractivity contribution in [1.82, 2.24) is 16.0 Å². The number of ether oxygens (including phenoxy) is 1. The molecule has 0 atom stereocenters. The number of carbonyl (C=O) groups excluding carboxylic acids is 1. The highest BCUT2D eigenvalue weighted by Gasteiger charge is 2.24. The molecular weight excluding hydrogens is 244 g/mol. The van der Waals surface area contributed by atoms with E-state index in [-0.39, 0.29) is 12.1 Å². The summed E-state index contributed by atoms with van der Waals surface area (Å²) < 4.78 is 5.24. The number of hydrogen-bond donors (Lipinski definition) is 4. The van der Waals surface area contributed by atoms with Crippen molar-refractivity contribution < 1.29 is 9.53 Å². The van der Waals surface area contributed by atoms with Gasteiger partial charge in [-0.25, -0.2) is 4.79 Å². The number of rotatable bonds is 2. The lowest BCUT2D eigenvalue weighted by Gasteiger charge is -2.30. The Balaban J connectivity index is 2.26. The molecule has 0 saturated heterocycles. The van der Waals surface area contributed by atoms with Crippen molar-refractivity contribution in [2.45, 2.75) is 64.1 Å². The summed E-state index contributed by atoms with van der Waals surface area (Å²) in [7, 11) is 1.73. The summed E-state index contributed by atoms with van der Waals surface area (Å²) in [5, 5.41) is 16.3. The van der Waals surface area contributed by atoms with Crippen molar-refractivity contribution in [3.05, 3.63) is 0 Å². The molecule has 1 aliphatic rings. The number of hydrogen-bond acceptors (Lipinski definition) is 3. The number of alkyl carbamates (subject to hydrolysis) is 1. The van der Waals surface area contributed by atoms with Gasteiger partial charge in [0.05, 0.1) is 0 Å². The molecule has 4 N–H and O–H groups in total. The fourth-order valence-electron chi connectivity index (χ4n) is 2.13. The van der Waals surface area contributed by atoms with Crippen molar-refractivity contribution in [1.29, 1.82) is 5.41 Å². The van der Waals surface area contributed by atoms with Gasteiger partial charge in [0.25, 0.3) is 0 Å². The third-order valence-electron chi connectivity index (χ3n) is 3.05. The molecule has 1 amide bonds. The van der Waals surface area contributed by atoms with Crippen molar-refractivity contribution in [2.75, 3.05) is 7.05 Å². The fourth-order valence-corrected chi connectivity index (χ4v) is 2.13. The Morgan fingerprint density at radius 1 is 1.11 bits per heavy atom. The number of carbonyl (C=O) groups is 1. The Kier molecular flexibility index (Phi) is 5.44. The predicted octanol–water partition coefficient (Wildman–Crippen LogP) is 1.57. The standard InChI is InChI=1S/C13H26N4O2/c1-13(2,3)19-12(18)17-10-7-5-9(6-8-10)16-11(14)15-4/h9-10H,5-8H2,1-4H3,(H,17,18)(H3,14,15,16). The number of amides is 1. The minimum Gasteiger partial charge on any atom is -0.444 e. The van der Waals surface area contributed by atoms with E-state index >= 15 is 0 Å². The molecule has 110 valence electrons. The van der Waals surface area contributed by atoms with E-state index in [9.17, 15) is 4.79 Å². The Bertz CT molecular complexity index is 317. The highest BCUT2D eigenvalue weighted by Crippen LogP contribution is 2.19. The quantitative estimate of drug-likeness (QED) is 0.453. The van der Waals surface area contributed by atoms with Crippen LogP contribution < -0.4 is 16.0 Å². The lowest BCUT2D eigenvalue weighted by atomic mass is 9.91. The van der Waals surface area contributed by atoms with Crippen LogP contribution in [0.5, 0.6) is 0 Å². The molecule has 0 spiro atoms. The molecule has 0 unspecified atom stereocenters. The Morgan fingerprint density at radius 3 is 2.00 bits per heavy atom. The zero-order valence-electron chi connectivity index (χ0n) is 12.3. The predicted molar refractivity (Wildman–Crippen MR) is 75.3 cm³/mol. The highest BCUT2D eigenvalue weighted by atomic mass is 16.6. The Hall–Kier alpha value is -1.46. The van der Waals surface area contributed by atoms with Crippen molar-refractivity contribution in [3.63, 3.8) is 0 Å². The molecule has 6 heteroatoms. The average molecular weight is 270 g/mol. The summed E-state index contributed by atoms with van der Waals surface area (Å²) in [6, 6.07) is 0.494. The summed E-state index contributed by atoms with van der Waals surface area (Å²) in [5.74, 6) is 0.351. The van der Waals surface area contributed by atoms with Gasteiger partial charge in [0.15, 0.2) is 5.96 Å². The van der Waals surface area contributed by atoms with Gasteiger partial charge in [-0.2, -0.15) is 0 Å². The van der Waals surface area contributed by atoms with Gasteiger partial charge in [-0.3, -0.25) is 5.41 Å². The Labute approximate surface area is 115 Å². The van der Waals surface area contributed by atoms with Gasteiger partial charge in [0.1, 0.15) is 5.60 Å². The first-order chi connectivity index (χ1) is 8.80. The maximum absolute atomic E-state index is 11.6. The van der Waals surface area contributed by atoms with Crippen LogP contribution in [0.2, 0.25) is 0 Å². The van der Waals surface area contributed by atoms with E-state index in [1.807, 2.05) is 20.8 Å². The van der Waals surface area contributed by atoms with Crippen LogP contribution in [0, 0.1) is 5.41 Å². The van der Waals surface area contributed by atoms with Gasteiger partial charge >= 0.3 is 6.09 Å². The first-order valence-corrected chi connectivity index (χ1v) is 6.82. The number of guanidine groups is 1. The maximum atomic E-state index is 11.6. The van der Waals surface area contributed by atoms with Crippen LogP contribution in [0.25, 0.3) is 0 Å². The molecule has 6 nitrogen and oxygen atoms in total. The van der Waals surface area contributed by atoms with E-state index in [0.29, 0.717) is 12.0 Å². The molecule has 1 aliphatic carbocycles. The summed E-state index contributed by atoms with van der Waals surface area (Å²) in [5.41, 5.74) is -0.454.